The quantitative estimate of drug-likeness (QED) is 0.340. The predicted molar refractivity (Wildman–Crippen MR) is 110 cm³/mol. The van der Waals surface area contributed by atoms with Crippen LogP contribution in [0, 0.1) is 24.7 Å². The minimum atomic E-state index is 0.931. The van der Waals surface area contributed by atoms with E-state index in [1.54, 1.807) is 45.3 Å². The van der Waals surface area contributed by atoms with Crippen LogP contribution in [-0.2, 0) is 0 Å². The first kappa shape index (κ1) is 15.4. The van der Waals surface area contributed by atoms with E-state index in [1.807, 2.05) is 11.4 Å². The summed E-state index contributed by atoms with van der Waals surface area (Å²) in [4.78, 5) is 5.70. The van der Waals surface area contributed by atoms with Crippen LogP contribution >= 0.6 is 45.3 Å². The van der Waals surface area contributed by atoms with E-state index in [2.05, 4.69) is 46.9 Å². The molecule has 114 valence electrons. The Bertz CT molecular complexity index is 1060. The maximum absolute atomic E-state index is 5.85. The summed E-state index contributed by atoms with van der Waals surface area (Å²) in [5.74, 6) is 5.69. The minimum Gasteiger partial charge on any atom is -0.144 e. The van der Waals surface area contributed by atoms with Gasteiger partial charge in [-0.2, -0.15) is 0 Å². The summed E-state index contributed by atoms with van der Waals surface area (Å²) in [5.41, 5.74) is 3.30. The Hall–Kier alpha value is -2.08. The first-order valence-corrected chi connectivity index (χ1v) is 10.5. The van der Waals surface area contributed by atoms with E-state index in [9.17, 15) is 0 Å². The Balaban J connectivity index is 2.09. The van der Waals surface area contributed by atoms with Crippen molar-refractivity contribution in [2.24, 2.45) is 0 Å². The normalized spacial score (nSPS) is 10.4. The minimum absolute atomic E-state index is 0.931. The summed E-state index contributed by atoms with van der Waals surface area (Å²) in [7, 11) is 0. The fraction of sp³-hybridized carbons (Fsp3) is 0. The van der Waals surface area contributed by atoms with Gasteiger partial charge in [0.15, 0.2) is 0 Å². The van der Waals surface area contributed by atoms with Crippen molar-refractivity contribution in [2.45, 2.75) is 0 Å². The summed E-state index contributed by atoms with van der Waals surface area (Å²) >= 11 is 6.79. The van der Waals surface area contributed by atoms with Gasteiger partial charge in [0.1, 0.15) is 0 Å². The van der Waals surface area contributed by atoms with Gasteiger partial charge < -0.3 is 0 Å². The molecule has 0 aliphatic carbocycles. The van der Waals surface area contributed by atoms with Crippen molar-refractivity contribution in [3.05, 3.63) is 56.9 Å². The third-order valence-electron chi connectivity index (χ3n) is 3.60. The smallest absolute Gasteiger partial charge is 0.0865 e. The summed E-state index contributed by atoms with van der Waals surface area (Å²) in [6.45, 7) is 0. The Morgan fingerprint density at radius 2 is 1.42 bits per heavy atom. The molecule has 4 aromatic heterocycles. The van der Waals surface area contributed by atoms with Crippen LogP contribution < -0.4 is 0 Å². The molecule has 0 radical (unpaired) electrons. The molecule has 0 aromatic carbocycles. The first-order valence-electron chi connectivity index (χ1n) is 7.09. The first-order chi connectivity index (χ1) is 11.8. The molecule has 0 atom stereocenters. The van der Waals surface area contributed by atoms with Crippen LogP contribution in [0.5, 0.6) is 0 Å². The van der Waals surface area contributed by atoms with E-state index >= 15 is 0 Å². The van der Waals surface area contributed by atoms with Gasteiger partial charge in [0.05, 0.1) is 14.6 Å². The molecule has 4 aromatic rings. The molecule has 0 saturated heterocycles. The molecular formula is C20H10S4. The third kappa shape index (κ3) is 2.45. The van der Waals surface area contributed by atoms with E-state index in [0.717, 1.165) is 20.9 Å². The van der Waals surface area contributed by atoms with Crippen LogP contribution in [0.4, 0.5) is 0 Å². The molecule has 4 heteroatoms. The van der Waals surface area contributed by atoms with Crippen LogP contribution in [-0.4, -0.2) is 0 Å². The lowest BCUT2D eigenvalue weighted by Gasteiger charge is -2.05. The zero-order valence-electron chi connectivity index (χ0n) is 12.4. The predicted octanol–water partition coefficient (Wildman–Crippen LogP) is 6.90. The van der Waals surface area contributed by atoms with Gasteiger partial charge in [-0.15, -0.1) is 58.2 Å². The van der Waals surface area contributed by atoms with Crippen LogP contribution in [0.2, 0.25) is 0 Å². The molecule has 0 unspecified atom stereocenters. The zero-order valence-corrected chi connectivity index (χ0v) is 15.7. The zero-order chi connectivity index (χ0) is 16.5. The molecule has 0 saturated carbocycles. The molecule has 0 aliphatic heterocycles. The summed E-state index contributed by atoms with van der Waals surface area (Å²) in [6, 6.07) is 10.4. The second-order valence-corrected chi connectivity index (χ2v) is 8.75. The van der Waals surface area contributed by atoms with Crippen molar-refractivity contribution in [3.63, 3.8) is 0 Å². The van der Waals surface area contributed by atoms with Gasteiger partial charge in [-0.1, -0.05) is 24.0 Å². The van der Waals surface area contributed by atoms with Gasteiger partial charge in [0.25, 0.3) is 0 Å². The molecule has 0 bridgehead atoms. The topological polar surface area (TPSA) is 0 Å². The second-order valence-electron chi connectivity index (χ2n) is 4.92. The molecule has 0 N–H and O–H groups in total. The van der Waals surface area contributed by atoms with Crippen LogP contribution in [0.15, 0.2) is 46.5 Å². The maximum Gasteiger partial charge on any atom is 0.0865 e. The van der Waals surface area contributed by atoms with Crippen molar-refractivity contribution in [3.8, 4) is 55.3 Å². The SMILES string of the molecule is C#Cc1ccsc1-c1sc(C#C)c(-c2cccs2)c1-c1cccs1. The molecule has 4 heterocycles. The summed E-state index contributed by atoms with van der Waals surface area (Å²) < 4.78 is 0. The molecule has 0 amide bonds. The van der Waals surface area contributed by atoms with E-state index in [1.165, 1.54) is 20.2 Å². The highest BCUT2D eigenvalue weighted by Gasteiger charge is 2.24. The van der Waals surface area contributed by atoms with E-state index in [-0.39, 0.29) is 0 Å². The number of thiophene rings is 4. The Morgan fingerprint density at radius 3 is 2.00 bits per heavy atom. The van der Waals surface area contributed by atoms with Crippen LogP contribution in [0.25, 0.3) is 30.6 Å². The molecule has 24 heavy (non-hydrogen) atoms. The molecule has 4 rings (SSSR count). The highest BCUT2D eigenvalue weighted by atomic mass is 32.1. The maximum atomic E-state index is 5.85. The average Bonchev–Trinajstić information content (AvgIpc) is 3.40. The average molecular weight is 379 g/mol. The number of hydrogen-bond donors (Lipinski definition) is 0. The molecule has 0 fully saturated rings. The third-order valence-corrected chi connectivity index (χ3v) is 7.58. The van der Waals surface area contributed by atoms with Gasteiger partial charge in [0, 0.05) is 26.4 Å². The fourth-order valence-electron chi connectivity index (χ4n) is 2.60. The van der Waals surface area contributed by atoms with Crippen LogP contribution in [0.1, 0.15) is 10.4 Å². The van der Waals surface area contributed by atoms with Gasteiger partial charge >= 0.3 is 0 Å². The lowest BCUT2D eigenvalue weighted by molar-refractivity contribution is 1.79. The van der Waals surface area contributed by atoms with E-state index < -0.39 is 0 Å². The number of hydrogen-bond acceptors (Lipinski definition) is 4. The highest BCUT2D eigenvalue weighted by Crippen LogP contribution is 2.51. The van der Waals surface area contributed by atoms with E-state index in [0.29, 0.717) is 0 Å². The largest absolute Gasteiger partial charge is 0.144 e. The molecule has 0 spiro atoms. The Morgan fingerprint density at radius 1 is 0.708 bits per heavy atom. The standard InChI is InChI=1S/C20H10S4/c1-3-13-9-12-23-19(13)20-18(16-8-6-11-22-16)17(14(4-2)24-20)15-7-5-10-21-15/h1-2,5-12H. The lowest BCUT2D eigenvalue weighted by atomic mass is 10.0. The van der Waals surface area contributed by atoms with Gasteiger partial charge in [-0.3, -0.25) is 0 Å². The molecular weight excluding hydrogens is 368 g/mol. The molecule has 0 aliphatic rings. The van der Waals surface area contributed by atoms with Crippen molar-refractivity contribution >= 4 is 45.3 Å². The second kappa shape index (κ2) is 6.43. The molecule has 0 nitrogen and oxygen atoms in total. The number of rotatable bonds is 3. The van der Waals surface area contributed by atoms with Crippen LogP contribution in [0.3, 0.4) is 0 Å². The lowest BCUT2D eigenvalue weighted by Crippen LogP contribution is -1.80. The van der Waals surface area contributed by atoms with Crippen molar-refractivity contribution < 1.29 is 0 Å². The Kier molecular flexibility index (Phi) is 4.14. The van der Waals surface area contributed by atoms with Crippen molar-refractivity contribution in [2.75, 3.05) is 0 Å². The van der Waals surface area contributed by atoms with Crippen molar-refractivity contribution in [1.82, 2.24) is 0 Å². The number of terminal acetylenes is 2. The Labute approximate surface area is 157 Å². The van der Waals surface area contributed by atoms with E-state index in [4.69, 9.17) is 12.8 Å². The summed E-state index contributed by atoms with van der Waals surface area (Å²) in [6.07, 6.45) is 11.5. The monoisotopic (exact) mass is 378 g/mol. The van der Waals surface area contributed by atoms with Gasteiger partial charge in [-0.25, -0.2) is 0 Å². The fourth-order valence-corrected chi connectivity index (χ4v) is 6.46. The van der Waals surface area contributed by atoms with Gasteiger partial charge in [0.2, 0.25) is 0 Å². The summed E-state index contributed by atoms with van der Waals surface area (Å²) in [5, 5.41) is 6.23. The highest BCUT2D eigenvalue weighted by molar-refractivity contribution is 7.24. The van der Waals surface area contributed by atoms with Gasteiger partial charge in [-0.05, 0) is 34.3 Å². The van der Waals surface area contributed by atoms with Crippen molar-refractivity contribution in [1.29, 1.82) is 0 Å².